The maximum Gasteiger partial charge on any atom is 0.273 e. The predicted octanol–water partition coefficient (Wildman–Crippen LogP) is 4.27. The smallest absolute Gasteiger partial charge is 0.273 e. The zero-order valence-corrected chi connectivity index (χ0v) is 13.2. The van der Waals surface area contributed by atoms with Crippen LogP contribution in [0.2, 0.25) is 0 Å². The van der Waals surface area contributed by atoms with Crippen molar-refractivity contribution in [1.29, 1.82) is 0 Å². The Hall–Kier alpha value is -0.940. The number of nitrogens with zero attached hydrogens (tertiary/aromatic N) is 1. The van der Waals surface area contributed by atoms with Gasteiger partial charge in [0.2, 0.25) is 0 Å². The Balaban J connectivity index is 2.61. The Labute approximate surface area is 122 Å². The van der Waals surface area contributed by atoms with Crippen molar-refractivity contribution >= 4 is 21.6 Å². The fourth-order valence-corrected chi connectivity index (χ4v) is 2.25. The zero-order valence-electron chi connectivity index (χ0n) is 11.6. The first-order valence-corrected chi connectivity index (χ1v) is 7.35. The summed E-state index contributed by atoms with van der Waals surface area (Å²) in [4.78, 5) is 10.6. The zero-order chi connectivity index (χ0) is 14.4. The molecule has 0 aliphatic rings. The van der Waals surface area contributed by atoms with Crippen molar-refractivity contribution in [3.63, 3.8) is 0 Å². The summed E-state index contributed by atoms with van der Waals surface area (Å²) in [5.41, 5.74) is 0.891. The molecule has 0 heterocycles. The number of rotatable bonds is 7. The number of nitrogens with one attached hydrogen (secondary N) is 1. The van der Waals surface area contributed by atoms with Crippen LogP contribution in [0.3, 0.4) is 0 Å². The summed E-state index contributed by atoms with van der Waals surface area (Å²) >= 11 is 3.35. The molecule has 0 saturated heterocycles. The Morgan fingerprint density at radius 3 is 2.58 bits per heavy atom. The average molecular weight is 329 g/mol. The van der Waals surface area contributed by atoms with Gasteiger partial charge in [-0.1, -0.05) is 29.8 Å². The van der Waals surface area contributed by atoms with E-state index < -0.39 is 0 Å². The molecule has 1 aromatic rings. The maximum atomic E-state index is 11.0. The SMILES string of the molecule is CC(C)CCC(C)NCc1cc(Br)ccc1[N+](=O)[O-]. The molecule has 5 heteroatoms. The van der Waals surface area contributed by atoms with Crippen LogP contribution in [-0.2, 0) is 6.54 Å². The van der Waals surface area contributed by atoms with Crippen LogP contribution in [0.1, 0.15) is 39.2 Å². The van der Waals surface area contributed by atoms with E-state index in [1.54, 1.807) is 18.2 Å². The van der Waals surface area contributed by atoms with E-state index in [1.165, 1.54) is 0 Å². The third kappa shape index (κ3) is 5.70. The molecule has 1 aromatic carbocycles. The molecule has 0 bridgehead atoms. The van der Waals surface area contributed by atoms with Crippen LogP contribution in [0.15, 0.2) is 22.7 Å². The van der Waals surface area contributed by atoms with Crippen LogP contribution in [-0.4, -0.2) is 11.0 Å². The molecule has 0 aromatic heterocycles. The lowest BCUT2D eigenvalue weighted by atomic mass is 10.0. The maximum absolute atomic E-state index is 11.0. The van der Waals surface area contributed by atoms with Crippen molar-refractivity contribution in [2.45, 2.75) is 46.2 Å². The molecule has 19 heavy (non-hydrogen) atoms. The van der Waals surface area contributed by atoms with Crippen LogP contribution >= 0.6 is 15.9 Å². The van der Waals surface area contributed by atoms with E-state index in [2.05, 4.69) is 42.0 Å². The quantitative estimate of drug-likeness (QED) is 0.600. The van der Waals surface area contributed by atoms with Crippen LogP contribution in [0, 0.1) is 16.0 Å². The van der Waals surface area contributed by atoms with Gasteiger partial charge in [0.15, 0.2) is 0 Å². The number of benzene rings is 1. The van der Waals surface area contributed by atoms with E-state index in [4.69, 9.17) is 0 Å². The molecule has 1 unspecified atom stereocenters. The van der Waals surface area contributed by atoms with Crippen LogP contribution in [0.5, 0.6) is 0 Å². The van der Waals surface area contributed by atoms with Gasteiger partial charge < -0.3 is 5.32 Å². The van der Waals surface area contributed by atoms with Gasteiger partial charge in [-0.3, -0.25) is 10.1 Å². The number of hydrogen-bond donors (Lipinski definition) is 1. The minimum Gasteiger partial charge on any atom is -0.310 e. The summed E-state index contributed by atoms with van der Waals surface area (Å²) in [6, 6.07) is 5.41. The largest absolute Gasteiger partial charge is 0.310 e. The van der Waals surface area contributed by atoms with Gasteiger partial charge in [-0.05, 0) is 37.8 Å². The standard InChI is InChI=1S/C14H21BrN2O2/c1-10(2)4-5-11(3)16-9-12-8-13(15)6-7-14(12)17(18)19/h6-8,10-11,16H,4-5,9H2,1-3H3. The van der Waals surface area contributed by atoms with Gasteiger partial charge in [0, 0.05) is 28.7 Å². The van der Waals surface area contributed by atoms with Gasteiger partial charge in [-0.25, -0.2) is 0 Å². The minimum atomic E-state index is -0.331. The number of nitro groups is 1. The highest BCUT2D eigenvalue weighted by atomic mass is 79.9. The highest BCUT2D eigenvalue weighted by Gasteiger charge is 2.14. The van der Waals surface area contributed by atoms with Crippen molar-refractivity contribution in [2.75, 3.05) is 0 Å². The molecule has 0 aliphatic heterocycles. The van der Waals surface area contributed by atoms with Crippen molar-refractivity contribution < 1.29 is 4.92 Å². The fraction of sp³-hybridized carbons (Fsp3) is 0.571. The lowest BCUT2D eigenvalue weighted by Gasteiger charge is -2.15. The summed E-state index contributed by atoms with van der Waals surface area (Å²) in [7, 11) is 0. The molecule has 4 nitrogen and oxygen atoms in total. The van der Waals surface area contributed by atoms with Gasteiger partial charge in [-0.15, -0.1) is 0 Å². The molecule has 0 amide bonds. The van der Waals surface area contributed by atoms with Crippen LogP contribution in [0.25, 0.3) is 0 Å². The Bertz CT molecular complexity index is 435. The summed E-state index contributed by atoms with van der Waals surface area (Å²) in [6.07, 6.45) is 2.24. The van der Waals surface area contributed by atoms with Gasteiger partial charge in [-0.2, -0.15) is 0 Å². The molecule has 0 spiro atoms. The summed E-state index contributed by atoms with van der Waals surface area (Å²) in [5, 5.41) is 14.3. The van der Waals surface area contributed by atoms with E-state index in [-0.39, 0.29) is 10.6 Å². The molecule has 0 fully saturated rings. The molecule has 1 rings (SSSR count). The molecule has 1 atom stereocenters. The average Bonchev–Trinajstić information content (AvgIpc) is 2.33. The van der Waals surface area contributed by atoms with Gasteiger partial charge >= 0.3 is 0 Å². The first kappa shape index (κ1) is 16.1. The number of halogens is 1. The van der Waals surface area contributed by atoms with E-state index in [1.807, 2.05) is 0 Å². The van der Waals surface area contributed by atoms with Gasteiger partial charge in [0.1, 0.15) is 0 Å². The molecular formula is C14H21BrN2O2. The second-order valence-corrected chi connectivity index (χ2v) is 6.20. The second-order valence-electron chi connectivity index (χ2n) is 5.28. The fourth-order valence-electron chi connectivity index (χ4n) is 1.84. The molecule has 106 valence electrons. The Kier molecular flexibility index (Phi) is 6.45. The highest BCUT2D eigenvalue weighted by Crippen LogP contribution is 2.23. The van der Waals surface area contributed by atoms with E-state index in [0.29, 0.717) is 18.5 Å². The molecule has 1 N–H and O–H groups in total. The third-order valence-corrected chi connectivity index (χ3v) is 3.55. The minimum absolute atomic E-state index is 0.173. The summed E-state index contributed by atoms with van der Waals surface area (Å²) in [5.74, 6) is 0.685. The predicted molar refractivity (Wildman–Crippen MR) is 81.2 cm³/mol. The first-order valence-electron chi connectivity index (χ1n) is 6.56. The lowest BCUT2D eigenvalue weighted by Crippen LogP contribution is -2.26. The van der Waals surface area contributed by atoms with Crippen molar-refractivity contribution in [2.24, 2.45) is 5.92 Å². The van der Waals surface area contributed by atoms with Crippen molar-refractivity contribution in [3.05, 3.63) is 38.3 Å². The van der Waals surface area contributed by atoms with Crippen molar-refractivity contribution in [3.8, 4) is 0 Å². The lowest BCUT2D eigenvalue weighted by molar-refractivity contribution is -0.385. The second kappa shape index (κ2) is 7.60. The molecule has 0 aliphatic carbocycles. The van der Waals surface area contributed by atoms with Crippen molar-refractivity contribution in [1.82, 2.24) is 5.32 Å². The van der Waals surface area contributed by atoms with Crippen LogP contribution in [0.4, 0.5) is 5.69 Å². The third-order valence-electron chi connectivity index (χ3n) is 3.06. The monoisotopic (exact) mass is 328 g/mol. The van der Waals surface area contributed by atoms with Crippen LogP contribution < -0.4 is 5.32 Å². The first-order chi connectivity index (χ1) is 8.90. The summed E-state index contributed by atoms with van der Waals surface area (Å²) in [6.45, 7) is 7.04. The van der Waals surface area contributed by atoms with Gasteiger partial charge in [0.05, 0.1) is 4.92 Å². The molecular weight excluding hydrogens is 308 g/mol. The number of nitro benzene ring substituents is 1. The topological polar surface area (TPSA) is 55.2 Å². The van der Waals surface area contributed by atoms with Gasteiger partial charge in [0.25, 0.3) is 5.69 Å². The van der Waals surface area contributed by atoms with E-state index in [0.717, 1.165) is 22.9 Å². The number of hydrogen-bond acceptors (Lipinski definition) is 3. The Morgan fingerprint density at radius 1 is 1.32 bits per heavy atom. The highest BCUT2D eigenvalue weighted by molar-refractivity contribution is 9.10. The molecule has 0 radical (unpaired) electrons. The normalized spacial score (nSPS) is 12.7. The molecule has 0 saturated carbocycles. The Morgan fingerprint density at radius 2 is 2.00 bits per heavy atom. The van der Waals surface area contributed by atoms with E-state index >= 15 is 0 Å². The van der Waals surface area contributed by atoms with E-state index in [9.17, 15) is 10.1 Å². The summed E-state index contributed by atoms with van der Waals surface area (Å²) < 4.78 is 0.865.